The number of aryl methyl sites for hydroxylation is 1. The van der Waals surface area contributed by atoms with Gasteiger partial charge in [-0.1, -0.05) is 42.5 Å². The summed E-state index contributed by atoms with van der Waals surface area (Å²) in [6.07, 6.45) is -2.80. The van der Waals surface area contributed by atoms with Crippen LogP contribution in [0.5, 0.6) is 0 Å². The first-order chi connectivity index (χ1) is 16.6. The third-order valence-electron chi connectivity index (χ3n) is 6.19. The Hall–Kier alpha value is -3.23. The van der Waals surface area contributed by atoms with E-state index in [0.717, 1.165) is 12.3 Å². The molecular formula is C23H25FN4O7. The van der Waals surface area contributed by atoms with Crippen molar-refractivity contribution >= 4 is 5.82 Å². The van der Waals surface area contributed by atoms with Gasteiger partial charge in [-0.2, -0.15) is 0 Å². The van der Waals surface area contributed by atoms with Crippen LogP contribution in [-0.4, -0.2) is 64.8 Å². The molecule has 4 atom stereocenters. The number of hydrogen-bond donors (Lipinski definition) is 6. The first kappa shape index (κ1) is 24.9. The lowest BCUT2D eigenvalue weighted by molar-refractivity contribution is -0.413. The molecule has 1 aliphatic rings. The number of anilines is 1. The molecule has 0 saturated carbocycles. The summed E-state index contributed by atoms with van der Waals surface area (Å²) in [5.41, 5.74) is 2.79. The summed E-state index contributed by atoms with van der Waals surface area (Å²) in [4.78, 5) is 16.4. The summed E-state index contributed by atoms with van der Waals surface area (Å²) in [6.45, 7) is 0.403. The molecule has 35 heavy (non-hydrogen) atoms. The van der Waals surface area contributed by atoms with E-state index in [1.54, 1.807) is 31.2 Å². The molecule has 1 aromatic heterocycles. The number of nitrogens with zero attached hydrogens (tertiary/aromatic N) is 3. The van der Waals surface area contributed by atoms with Gasteiger partial charge >= 0.3 is 11.6 Å². The van der Waals surface area contributed by atoms with E-state index in [0.29, 0.717) is 15.7 Å². The van der Waals surface area contributed by atoms with Crippen LogP contribution in [0.4, 0.5) is 10.2 Å². The SMILES string of the molecule is Cc1ccccc1CN(O)[C@@]1(O)[C@H](O)[C@@H](CO)O[C@]1(O)n1c(N)c(-c2ccccc2F)cnc1=O. The molecule has 1 aliphatic heterocycles. The van der Waals surface area contributed by atoms with Crippen LogP contribution in [0.15, 0.2) is 59.5 Å². The number of ether oxygens (including phenoxy) is 1. The van der Waals surface area contributed by atoms with Gasteiger partial charge in [-0.15, -0.1) is 5.06 Å². The molecule has 12 heteroatoms. The van der Waals surface area contributed by atoms with Crippen molar-refractivity contribution < 1.29 is 34.8 Å². The van der Waals surface area contributed by atoms with E-state index in [2.05, 4.69) is 4.98 Å². The summed E-state index contributed by atoms with van der Waals surface area (Å²) in [5, 5.41) is 54.7. The van der Waals surface area contributed by atoms with Gasteiger partial charge in [0.1, 0.15) is 23.8 Å². The normalized spacial score (nSPS) is 26.4. The highest BCUT2D eigenvalue weighted by Crippen LogP contribution is 2.45. The fourth-order valence-corrected chi connectivity index (χ4v) is 4.21. The lowest BCUT2D eigenvalue weighted by Gasteiger charge is -2.42. The van der Waals surface area contributed by atoms with E-state index in [-0.39, 0.29) is 16.2 Å². The smallest absolute Gasteiger partial charge is 0.353 e. The van der Waals surface area contributed by atoms with Gasteiger partial charge in [0.25, 0.3) is 0 Å². The van der Waals surface area contributed by atoms with Crippen molar-refractivity contribution in [1.82, 2.24) is 14.6 Å². The summed E-state index contributed by atoms with van der Waals surface area (Å²) in [5.74, 6) is -4.55. The van der Waals surface area contributed by atoms with Crippen LogP contribution < -0.4 is 11.4 Å². The lowest BCUT2D eigenvalue weighted by Crippen LogP contribution is -2.68. The summed E-state index contributed by atoms with van der Waals surface area (Å²) < 4.78 is 20.1. The van der Waals surface area contributed by atoms with Gasteiger partial charge in [0.15, 0.2) is 0 Å². The molecule has 11 nitrogen and oxygen atoms in total. The zero-order valence-electron chi connectivity index (χ0n) is 18.6. The fraction of sp³-hybridized carbons (Fsp3) is 0.304. The standard InChI is InChI=1S/C23H25FN4O7/c1-13-6-2-3-7-14(13)11-27(34)22(32)19(30)18(12-29)35-23(22,33)28-20(25)16(10-26-21(28)31)15-8-4-5-9-17(15)24/h2-10,18-19,29-30,32-34H,11-12,25H2,1H3/t18-,19-,22-,23+/m1/s1. The quantitative estimate of drug-likeness (QED) is 0.203. The molecule has 0 spiro atoms. The highest BCUT2D eigenvalue weighted by atomic mass is 19.1. The number of hydrogen-bond acceptors (Lipinski definition) is 10. The van der Waals surface area contributed by atoms with E-state index < -0.39 is 54.3 Å². The highest BCUT2D eigenvalue weighted by molar-refractivity contribution is 5.73. The molecule has 0 aliphatic carbocycles. The minimum atomic E-state index is -3.26. The third kappa shape index (κ3) is 3.81. The Bertz CT molecular complexity index is 1300. The molecule has 0 amide bonds. The third-order valence-corrected chi connectivity index (χ3v) is 6.19. The zero-order chi connectivity index (χ0) is 25.5. The Morgan fingerprint density at radius 1 is 1.17 bits per heavy atom. The maximum absolute atomic E-state index is 14.5. The minimum absolute atomic E-state index is 0.0728. The van der Waals surface area contributed by atoms with E-state index in [9.17, 15) is 34.8 Å². The average molecular weight is 488 g/mol. The second-order valence-electron chi connectivity index (χ2n) is 8.26. The molecule has 2 aromatic carbocycles. The van der Waals surface area contributed by atoms with Gasteiger partial charge in [0.2, 0.25) is 5.72 Å². The number of aliphatic hydroxyl groups is 4. The molecule has 1 saturated heterocycles. The van der Waals surface area contributed by atoms with Crippen molar-refractivity contribution in [2.45, 2.75) is 37.3 Å². The Labute approximate surface area is 198 Å². The molecule has 0 unspecified atom stereocenters. The largest absolute Gasteiger partial charge is 0.394 e. The van der Waals surface area contributed by atoms with Gasteiger partial charge in [-0.25, -0.2) is 18.7 Å². The number of benzene rings is 2. The fourth-order valence-electron chi connectivity index (χ4n) is 4.21. The number of aliphatic hydroxyl groups excluding tert-OH is 2. The number of nitrogens with two attached hydrogens (primary N) is 1. The molecule has 1 fully saturated rings. The number of halogens is 1. The van der Waals surface area contributed by atoms with Crippen LogP contribution in [0.2, 0.25) is 0 Å². The van der Waals surface area contributed by atoms with Gasteiger partial charge in [-0.05, 0) is 24.1 Å². The summed E-state index contributed by atoms with van der Waals surface area (Å²) in [6, 6.07) is 12.2. The first-order valence-electron chi connectivity index (χ1n) is 10.6. The van der Waals surface area contributed by atoms with Gasteiger partial charge in [0.05, 0.1) is 13.2 Å². The van der Waals surface area contributed by atoms with Crippen molar-refractivity contribution in [3.8, 4) is 11.1 Å². The number of aromatic nitrogens is 2. The van der Waals surface area contributed by atoms with Crippen molar-refractivity contribution in [2.75, 3.05) is 12.3 Å². The maximum atomic E-state index is 14.5. The summed E-state index contributed by atoms with van der Waals surface area (Å²) in [7, 11) is 0. The number of rotatable bonds is 6. The van der Waals surface area contributed by atoms with Crippen LogP contribution in [0.25, 0.3) is 11.1 Å². The van der Waals surface area contributed by atoms with Crippen LogP contribution in [0.1, 0.15) is 11.1 Å². The number of hydroxylamine groups is 2. The van der Waals surface area contributed by atoms with Crippen molar-refractivity contribution in [2.24, 2.45) is 0 Å². The molecular weight excluding hydrogens is 463 g/mol. The van der Waals surface area contributed by atoms with Gasteiger partial charge in [0, 0.05) is 17.3 Å². The van der Waals surface area contributed by atoms with E-state index in [4.69, 9.17) is 10.5 Å². The topological polar surface area (TPSA) is 175 Å². The zero-order valence-corrected chi connectivity index (χ0v) is 18.6. The van der Waals surface area contributed by atoms with E-state index in [1.807, 2.05) is 0 Å². The molecule has 186 valence electrons. The predicted molar refractivity (Wildman–Crippen MR) is 120 cm³/mol. The first-order valence-corrected chi connectivity index (χ1v) is 10.6. The minimum Gasteiger partial charge on any atom is -0.394 e. The Morgan fingerprint density at radius 3 is 2.49 bits per heavy atom. The highest BCUT2D eigenvalue weighted by Gasteiger charge is 2.70. The van der Waals surface area contributed by atoms with E-state index >= 15 is 0 Å². The average Bonchev–Trinajstić information content (AvgIpc) is 3.03. The molecule has 0 bridgehead atoms. The van der Waals surface area contributed by atoms with Crippen LogP contribution >= 0.6 is 0 Å². The lowest BCUT2D eigenvalue weighted by atomic mass is 9.99. The van der Waals surface area contributed by atoms with Crippen LogP contribution in [0, 0.1) is 12.7 Å². The number of nitrogen functional groups attached to an aromatic ring is 1. The maximum Gasteiger partial charge on any atom is 0.353 e. The summed E-state index contributed by atoms with van der Waals surface area (Å²) >= 11 is 0. The second-order valence-corrected chi connectivity index (χ2v) is 8.26. The molecule has 3 aromatic rings. The second kappa shape index (κ2) is 9.09. The Balaban J connectivity index is 1.90. The van der Waals surface area contributed by atoms with E-state index in [1.165, 1.54) is 18.2 Å². The predicted octanol–water partition coefficient (Wildman–Crippen LogP) is -0.125. The van der Waals surface area contributed by atoms with Gasteiger partial charge < -0.3 is 36.1 Å². The molecule has 0 radical (unpaired) electrons. The molecule has 7 N–H and O–H groups in total. The van der Waals surface area contributed by atoms with Crippen LogP contribution in [-0.2, 0) is 17.2 Å². The van der Waals surface area contributed by atoms with Crippen molar-refractivity contribution in [3.63, 3.8) is 0 Å². The monoisotopic (exact) mass is 488 g/mol. The Kier molecular flexibility index (Phi) is 6.46. The molecule has 2 heterocycles. The molecule has 4 rings (SSSR count). The van der Waals surface area contributed by atoms with Crippen LogP contribution in [0.3, 0.4) is 0 Å². The Morgan fingerprint density at radius 2 is 1.83 bits per heavy atom. The van der Waals surface area contributed by atoms with Crippen molar-refractivity contribution in [3.05, 3.63) is 82.2 Å². The van der Waals surface area contributed by atoms with Crippen molar-refractivity contribution in [1.29, 1.82) is 0 Å². The van der Waals surface area contributed by atoms with Gasteiger partial charge in [-0.3, -0.25) is 0 Å².